The number of aliphatic hydroxyl groups excluding tert-OH is 1. The van der Waals surface area contributed by atoms with Crippen LogP contribution in [0.5, 0.6) is 0 Å². The van der Waals surface area contributed by atoms with Crippen molar-refractivity contribution in [3.63, 3.8) is 0 Å². The van der Waals surface area contributed by atoms with Gasteiger partial charge < -0.3 is 5.11 Å². The van der Waals surface area contributed by atoms with Crippen molar-refractivity contribution in [2.24, 2.45) is 0 Å². The van der Waals surface area contributed by atoms with Crippen LogP contribution in [0.25, 0.3) is 11.0 Å². The van der Waals surface area contributed by atoms with E-state index in [2.05, 4.69) is 10.3 Å². The molecule has 5 nitrogen and oxygen atoms in total. The van der Waals surface area contributed by atoms with Crippen molar-refractivity contribution in [3.8, 4) is 0 Å². The molecule has 2 aromatic carbocycles. The molecule has 1 aromatic heterocycles. The van der Waals surface area contributed by atoms with Crippen molar-refractivity contribution in [2.75, 3.05) is 18.5 Å². The molecule has 0 aliphatic carbocycles. The number of nitrogens with zero attached hydrogens (tertiary/aromatic N) is 1. The number of fused-ring (bicyclic) bond motifs is 1. The highest BCUT2D eigenvalue weighted by Gasteiger charge is 2.20. The Kier molecular flexibility index (Phi) is 4.34. The summed E-state index contributed by atoms with van der Waals surface area (Å²) in [6.07, 6.45) is 0. The highest BCUT2D eigenvalue weighted by atomic mass is 19.1. The molecule has 0 atom stereocenters. The van der Waals surface area contributed by atoms with Crippen LogP contribution in [-0.2, 0) is 6.54 Å². The first kappa shape index (κ1) is 15.2. The minimum absolute atomic E-state index is 0.0126. The van der Waals surface area contributed by atoms with Crippen molar-refractivity contribution in [2.45, 2.75) is 6.54 Å². The fourth-order valence-corrected chi connectivity index (χ4v) is 2.48. The molecular formula is C17H17FN3O2+. The first-order valence-corrected chi connectivity index (χ1v) is 7.33. The molecule has 0 saturated carbocycles. The number of carbonyl (C=O) groups is 1. The van der Waals surface area contributed by atoms with E-state index < -0.39 is 0 Å². The molecule has 118 valence electrons. The maximum absolute atomic E-state index is 13.0. The summed E-state index contributed by atoms with van der Waals surface area (Å²) in [4.78, 5) is 15.7. The van der Waals surface area contributed by atoms with Crippen molar-refractivity contribution in [1.29, 1.82) is 0 Å². The topological polar surface area (TPSA) is 69.0 Å². The molecule has 0 aliphatic heterocycles. The second kappa shape index (κ2) is 6.58. The number of aromatic nitrogens is 2. The predicted molar refractivity (Wildman–Crippen MR) is 84.8 cm³/mol. The zero-order valence-corrected chi connectivity index (χ0v) is 12.4. The first-order valence-electron chi connectivity index (χ1n) is 7.33. The van der Waals surface area contributed by atoms with Crippen molar-refractivity contribution < 1.29 is 18.9 Å². The van der Waals surface area contributed by atoms with E-state index in [1.54, 1.807) is 0 Å². The quantitative estimate of drug-likeness (QED) is 0.481. The monoisotopic (exact) mass is 314 g/mol. The molecule has 0 fully saturated rings. The smallest absolute Gasteiger partial charge is 0.356 e. The lowest BCUT2D eigenvalue weighted by molar-refractivity contribution is -0.642. The average molecular weight is 314 g/mol. The number of H-pyrrole nitrogens is 1. The zero-order valence-electron chi connectivity index (χ0n) is 12.4. The van der Waals surface area contributed by atoms with Gasteiger partial charge in [0.1, 0.15) is 23.4 Å². The number of carbonyl (C=O) groups excluding carboxylic acids is 1. The molecule has 0 saturated heterocycles. The highest BCUT2D eigenvalue weighted by molar-refractivity contribution is 5.95. The number of imidazole rings is 1. The Hall–Kier alpha value is -2.73. The Morgan fingerprint density at radius 1 is 1.17 bits per heavy atom. The summed E-state index contributed by atoms with van der Waals surface area (Å²) in [5, 5.41) is 12.1. The van der Waals surface area contributed by atoms with Crippen LogP contribution in [0.2, 0.25) is 0 Å². The van der Waals surface area contributed by atoms with Crippen LogP contribution in [0.1, 0.15) is 10.4 Å². The van der Waals surface area contributed by atoms with E-state index in [1.165, 1.54) is 24.3 Å². The second-order valence-corrected chi connectivity index (χ2v) is 5.16. The van der Waals surface area contributed by atoms with Gasteiger partial charge in [-0.25, -0.2) is 13.9 Å². The minimum atomic E-state index is -0.369. The largest absolute Gasteiger partial charge is 0.393 e. The second-order valence-electron chi connectivity index (χ2n) is 5.16. The SMILES string of the molecule is O=C(C[n+]1c(NCCO)[nH]c2ccccc21)c1ccc(F)cc1. The van der Waals surface area contributed by atoms with E-state index in [1.807, 2.05) is 28.8 Å². The van der Waals surface area contributed by atoms with Gasteiger partial charge >= 0.3 is 5.95 Å². The van der Waals surface area contributed by atoms with Crippen LogP contribution in [-0.4, -0.2) is 29.0 Å². The third kappa shape index (κ3) is 3.22. The Balaban J connectivity index is 1.94. The van der Waals surface area contributed by atoms with Gasteiger partial charge in [-0.2, -0.15) is 0 Å². The van der Waals surface area contributed by atoms with E-state index in [0.717, 1.165) is 11.0 Å². The molecule has 1 heterocycles. The third-order valence-corrected chi connectivity index (χ3v) is 3.59. The van der Waals surface area contributed by atoms with E-state index in [0.29, 0.717) is 18.1 Å². The molecule has 3 aromatic rings. The summed E-state index contributed by atoms with van der Waals surface area (Å²) in [7, 11) is 0. The molecule has 0 unspecified atom stereocenters. The molecule has 6 heteroatoms. The lowest BCUT2D eigenvalue weighted by Crippen LogP contribution is -2.40. The number of aromatic amines is 1. The number of aliphatic hydroxyl groups is 1. The van der Waals surface area contributed by atoms with Crippen LogP contribution in [0, 0.1) is 5.82 Å². The third-order valence-electron chi connectivity index (χ3n) is 3.59. The number of ketones is 1. The molecule has 0 amide bonds. The van der Waals surface area contributed by atoms with Crippen molar-refractivity contribution in [1.82, 2.24) is 4.98 Å². The highest BCUT2D eigenvalue weighted by Crippen LogP contribution is 2.13. The summed E-state index contributed by atoms with van der Waals surface area (Å²) >= 11 is 0. The number of hydrogen-bond acceptors (Lipinski definition) is 3. The summed E-state index contributed by atoms with van der Waals surface area (Å²) in [5.74, 6) is 0.161. The van der Waals surface area contributed by atoms with Crippen LogP contribution in [0.3, 0.4) is 0 Å². The van der Waals surface area contributed by atoms with Gasteiger partial charge in [-0.3, -0.25) is 10.1 Å². The summed E-state index contributed by atoms with van der Waals surface area (Å²) < 4.78 is 14.8. The van der Waals surface area contributed by atoms with E-state index in [9.17, 15) is 9.18 Å². The van der Waals surface area contributed by atoms with Gasteiger partial charge in [0.05, 0.1) is 13.2 Å². The van der Waals surface area contributed by atoms with Gasteiger partial charge in [0.2, 0.25) is 0 Å². The number of halogens is 1. The number of para-hydroxylation sites is 2. The van der Waals surface area contributed by atoms with Gasteiger partial charge in [-0.05, 0) is 36.4 Å². The van der Waals surface area contributed by atoms with Gasteiger partial charge in [0.25, 0.3) is 0 Å². The minimum Gasteiger partial charge on any atom is -0.393 e. The van der Waals surface area contributed by atoms with Gasteiger partial charge in [0.15, 0.2) is 5.78 Å². The first-order chi connectivity index (χ1) is 11.2. The molecule has 0 radical (unpaired) electrons. The number of hydrogen-bond donors (Lipinski definition) is 3. The maximum Gasteiger partial charge on any atom is 0.356 e. The predicted octanol–water partition coefficient (Wildman–Crippen LogP) is 1.88. The molecular weight excluding hydrogens is 297 g/mol. The Morgan fingerprint density at radius 3 is 2.65 bits per heavy atom. The van der Waals surface area contributed by atoms with Crippen LogP contribution < -0.4 is 9.88 Å². The lowest BCUT2D eigenvalue weighted by atomic mass is 10.1. The standard InChI is InChI=1S/C17H16FN3O2/c18-13-7-5-12(6-8-13)16(23)11-21-15-4-2-1-3-14(15)20-17(21)19-9-10-22/h1-8,22H,9-11H2,(H,19,20)/p+1. The van der Waals surface area contributed by atoms with Gasteiger partial charge in [-0.1, -0.05) is 12.1 Å². The number of anilines is 1. The zero-order chi connectivity index (χ0) is 16.2. The summed E-state index contributed by atoms with van der Waals surface area (Å²) in [6, 6.07) is 13.1. The molecule has 0 bridgehead atoms. The normalized spacial score (nSPS) is 10.9. The molecule has 0 spiro atoms. The Morgan fingerprint density at radius 2 is 1.91 bits per heavy atom. The van der Waals surface area contributed by atoms with E-state index >= 15 is 0 Å². The summed E-state index contributed by atoms with van der Waals surface area (Å²) in [5.41, 5.74) is 2.22. The number of Topliss-reactive ketones (excluding diaryl/α,β-unsaturated/α-hetero) is 1. The Bertz CT molecular complexity index is 827. The lowest BCUT2D eigenvalue weighted by Gasteiger charge is -2.04. The maximum atomic E-state index is 13.0. The van der Waals surface area contributed by atoms with Crippen LogP contribution in [0.15, 0.2) is 48.5 Å². The molecule has 3 N–H and O–H groups in total. The van der Waals surface area contributed by atoms with Crippen LogP contribution in [0.4, 0.5) is 10.3 Å². The van der Waals surface area contributed by atoms with Gasteiger partial charge in [0, 0.05) is 5.56 Å². The molecule has 23 heavy (non-hydrogen) atoms. The van der Waals surface area contributed by atoms with E-state index in [4.69, 9.17) is 5.11 Å². The molecule has 3 rings (SSSR count). The Labute approximate surface area is 132 Å². The fraction of sp³-hybridized carbons (Fsp3) is 0.176. The van der Waals surface area contributed by atoms with E-state index in [-0.39, 0.29) is 24.8 Å². The van der Waals surface area contributed by atoms with Crippen molar-refractivity contribution in [3.05, 3.63) is 59.9 Å². The average Bonchev–Trinajstić information content (AvgIpc) is 2.91. The van der Waals surface area contributed by atoms with Crippen LogP contribution >= 0.6 is 0 Å². The van der Waals surface area contributed by atoms with Gasteiger partial charge in [-0.15, -0.1) is 0 Å². The summed E-state index contributed by atoms with van der Waals surface area (Å²) in [6.45, 7) is 0.474. The number of benzene rings is 2. The van der Waals surface area contributed by atoms with Crippen molar-refractivity contribution >= 4 is 22.8 Å². The number of nitrogens with one attached hydrogen (secondary N) is 2. The fourth-order valence-electron chi connectivity index (χ4n) is 2.48. The molecule has 0 aliphatic rings. The number of rotatable bonds is 6.